The van der Waals surface area contributed by atoms with Gasteiger partial charge >= 0.3 is 0 Å². The molecule has 1 aliphatic heterocycles. The minimum Gasteiger partial charge on any atom is -0.393 e. The molecule has 0 radical (unpaired) electrons. The summed E-state index contributed by atoms with van der Waals surface area (Å²) < 4.78 is 0. The van der Waals surface area contributed by atoms with Crippen molar-refractivity contribution in [2.24, 2.45) is 5.92 Å². The zero-order valence-corrected chi connectivity index (χ0v) is 15.4. The molecule has 2 fully saturated rings. The summed E-state index contributed by atoms with van der Waals surface area (Å²) in [5.74, 6) is 2.78. The molecule has 2 rings (SSSR count). The lowest BCUT2D eigenvalue weighted by molar-refractivity contribution is -0.134. The minimum atomic E-state index is -0.139. The fourth-order valence-corrected chi connectivity index (χ4v) is 4.09. The van der Waals surface area contributed by atoms with Crippen molar-refractivity contribution in [3.05, 3.63) is 0 Å². The molecular formula is C16H31ClN2O2S. The van der Waals surface area contributed by atoms with Crippen LogP contribution in [0.3, 0.4) is 0 Å². The third kappa shape index (κ3) is 5.59. The molecule has 0 aromatic heterocycles. The molecule has 2 N–H and O–H groups in total. The SMILES string of the molecule is CC[C@@H](C)[C@H](NC1CCC(O)CC1)C(=O)N1CCSCC1.Cl. The highest BCUT2D eigenvalue weighted by molar-refractivity contribution is 7.99. The van der Waals surface area contributed by atoms with Crippen molar-refractivity contribution in [2.45, 2.75) is 64.1 Å². The van der Waals surface area contributed by atoms with Gasteiger partial charge in [-0.1, -0.05) is 20.3 Å². The lowest BCUT2D eigenvalue weighted by Crippen LogP contribution is -2.55. The van der Waals surface area contributed by atoms with Crippen molar-refractivity contribution in [3.8, 4) is 0 Å². The number of rotatable bonds is 5. The van der Waals surface area contributed by atoms with Crippen LogP contribution in [0.2, 0.25) is 0 Å². The number of carbonyl (C=O) groups is 1. The molecule has 1 heterocycles. The maximum Gasteiger partial charge on any atom is 0.240 e. The van der Waals surface area contributed by atoms with Crippen LogP contribution in [-0.4, -0.2) is 58.7 Å². The summed E-state index contributed by atoms with van der Waals surface area (Å²) in [6.07, 6.45) is 4.56. The first-order valence-corrected chi connectivity index (χ1v) is 9.58. The Kier molecular flexibility index (Phi) is 9.14. The second kappa shape index (κ2) is 10.0. The summed E-state index contributed by atoms with van der Waals surface area (Å²) in [5.41, 5.74) is 0. The molecule has 4 nitrogen and oxygen atoms in total. The van der Waals surface area contributed by atoms with Crippen molar-refractivity contribution < 1.29 is 9.90 Å². The van der Waals surface area contributed by atoms with E-state index in [1.54, 1.807) is 0 Å². The molecule has 22 heavy (non-hydrogen) atoms. The van der Waals surface area contributed by atoms with Gasteiger partial charge in [0.15, 0.2) is 0 Å². The minimum absolute atomic E-state index is 0. The van der Waals surface area contributed by atoms with Crippen molar-refractivity contribution in [1.29, 1.82) is 0 Å². The average molecular weight is 351 g/mol. The molecule has 0 spiro atoms. The smallest absolute Gasteiger partial charge is 0.240 e. The first-order chi connectivity index (χ1) is 10.1. The normalized spacial score (nSPS) is 28.6. The van der Waals surface area contributed by atoms with Crippen LogP contribution >= 0.6 is 24.2 Å². The van der Waals surface area contributed by atoms with Gasteiger partial charge in [-0.05, 0) is 31.6 Å². The topological polar surface area (TPSA) is 52.6 Å². The molecular weight excluding hydrogens is 320 g/mol. The number of amides is 1. The lowest BCUT2D eigenvalue weighted by atomic mass is 9.90. The summed E-state index contributed by atoms with van der Waals surface area (Å²) in [4.78, 5) is 14.9. The summed E-state index contributed by atoms with van der Waals surface area (Å²) in [7, 11) is 0. The Balaban J connectivity index is 0.00000242. The number of hydrogen-bond acceptors (Lipinski definition) is 4. The molecule has 0 aromatic rings. The van der Waals surface area contributed by atoms with E-state index >= 15 is 0 Å². The summed E-state index contributed by atoms with van der Waals surface area (Å²) in [6, 6.07) is 0.328. The third-order valence-corrected chi connectivity index (χ3v) is 5.86. The molecule has 6 heteroatoms. The van der Waals surface area contributed by atoms with Gasteiger partial charge in [0.05, 0.1) is 12.1 Å². The predicted molar refractivity (Wildman–Crippen MR) is 95.8 cm³/mol. The van der Waals surface area contributed by atoms with E-state index in [1.807, 2.05) is 16.7 Å². The maximum atomic E-state index is 12.8. The molecule has 0 bridgehead atoms. The number of aliphatic hydroxyl groups is 1. The number of nitrogens with one attached hydrogen (secondary N) is 1. The number of carbonyl (C=O) groups excluding carboxylic acids is 1. The zero-order valence-electron chi connectivity index (χ0n) is 13.8. The van der Waals surface area contributed by atoms with E-state index < -0.39 is 0 Å². The highest BCUT2D eigenvalue weighted by Crippen LogP contribution is 2.22. The first kappa shape index (κ1) is 20.1. The zero-order chi connectivity index (χ0) is 15.2. The second-order valence-corrected chi connectivity index (χ2v) is 7.70. The molecule has 2 atom stereocenters. The van der Waals surface area contributed by atoms with E-state index in [9.17, 15) is 9.90 Å². The summed E-state index contributed by atoms with van der Waals surface area (Å²) >= 11 is 1.94. The van der Waals surface area contributed by atoms with E-state index in [-0.39, 0.29) is 30.5 Å². The number of thioether (sulfide) groups is 1. The lowest BCUT2D eigenvalue weighted by Gasteiger charge is -2.36. The van der Waals surface area contributed by atoms with Crippen LogP contribution in [0.25, 0.3) is 0 Å². The van der Waals surface area contributed by atoms with E-state index in [2.05, 4.69) is 19.2 Å². The molecule has 130 valence electrons. The van der Waals surface area contributed by atoms with Crippen LogP contribution in [0.5, 0.6) is 0 Å². The largest absolute Gasteiger partial charge is 0.393 e. The van der Waals surface area contributed by atoms with Gasteiger partial charge in [-0.25, -0.2) is 0 Å². The fourth-order valence-electron chi connectivity index (χ4n) is 3.19. The Morgan fingerprint density at radius 3 is 2.41 bits per heavy atom. The standard InChI is InChI=1S/C16H30N2O2S.ClH/c1-3-12(2)15(16(20)18-8-10-21-11-9-18)17-13-4-6-14(19)7-5-13;/h12-15,17,19H,3-11H2,1-2H3;1H/t12-,13?,14?,15+;/m1./s1. The summed E-state index contributed by atoms with van der Waals surface area (Å²) in [6.45, 7) is 6.11. The van der Waals surface area contributed by atoms with E-state index in [0.717, 1.165) is 56.7 Å². The molecule has 1 saturated heterocycles. The summed E-state index contributed by atoms with van der Waals surface area (Å²) in [5, 5.41) is 13.2. The van der Waals surface area contributed by atoms with Crippen LogP contribution in [-0.2, 0) is 4.79 Å². The molecule has 1 aliphatic carbocycles. The third-order valence-electron chi connectivity index (χ3n) is 4.91. The second-order valence-electron chi connectivity index (χ2n) is 6.47. The molecule has 0 unspecified atom stereocenters. The van der Waals surface area contributed by atoms with Crippen LogP contribution in [0.1, 0.15) is 46.0 Å². The number of hydrogen-bond donors (Lipinski definition) is 2. The molecule has 1 amide bonds. The van der Waals surface area contributed by atoms with Crippen molar-refractivity contribution >= 4 is 30.1 Å². The highest BCUT2D eigenvalue weighted by Gasteiger charge is 2.32. The quantitative estimate of drug-likeness (QED) is 0.798. The Morgan fingerprint density at radius 1 is 1.27 bits per heavy atom. The van der Waals surface area contributed by atoms with Gasteiger partial charge in [0, 0.05) is 30.6 Å². The molecule has 0 aromatic carbocycles. The Bertz CT molecular complexity index is 332. The molecule has 2 aliphatic rings. The molecule has 1 saturated carbocycles. The van der Waals surface area contributed by atoms with Gasteiger partial charge in [0.1, 0.15) is 0 Å². The monoisotopic (exact) mass is 350 g/mol. The van der Waals surface area contributed by atoms with Gasteiger partial charge in [0.2, 0.25) is 5.91 Å². The van der Waals surface area contributed by atoms with E-state index in [4.69, 9.17) is 0 Å². The van der Waals surface area contributed by atoms with Gasteiger partial charge in [-0.3, -0.25) is 4.79 Å². The Labute approximate surface area is 145 Å². The van der Waals surface area contributed by atoms with Crippen LogP contribution in [0, 0.1) is 5.92 Å². The Hall–Kier alpha value is 0.0300. The van der Waals surface area contributed by atoms with Gasteiger partial charge in [0.25, 0.3) is 0 Å². The van der Waals surface area contributed by atoms with Crippen LogP contribution < -0.4 is 5.32 Å². The fraction of sp³-hybridized carbons (Fsp3) is 0.938. The predicted octanol–water partition coefficient (Wildman–Crippen LogP) is 2.29. The van der Waals surface area contributed by atoms with Gasteiger partial charge in [-0.15, -0.1) is 12.4 Å². The first-order valence-electron chi connectivity index (χ1n) is 8.42. The van der Waals surface area contributed by atoms with E-state index in [1.165, 1.54) is 0 Å². The Morgan fingerprint density at radius 2 is 1.86 bits per heavy atom. The average Bonchev–Trinajstić information content (AvgIpc) is 2.54. The number of aliphatic hydroxyl groups excluding tert-OH is 1. The number of nitrogens with zero attached hydrogens (tertiary/aromatic N) is 1. The van der Waals surface area contributed by atoms with Crippen LogP contribution in [0.4, 0.5) is 0 Å². The van der Waals surface area contributed by atoms with Crippen molar-refractivity contribution in [1.82, 2.24) is 10.2 Å². The van der Waals surface area contributed by atoms with Crippen molar-refractivity contribution in [2.75, 3.05) is 24.6 Å². The van der Waals surface area contributed by atoms with Crippen molar-refractivity contribution in [3.63, 3.8) is 0 Å². The van der Waals surface area contributed by atoms with Gasteiger partial charge in [-0.2, -0.15) is 11.8 Å². The number of halogens is 1. The van der Waals surface area contributed by atoms with Gasteiger partial charge < -0.3 is 15.3 Å². The van der Waals surface area contributed by atoms with E-state index in [0.29, 0.717) is 12.0 Å². The van der Waals surface area contributed by atoms with Crippen LogP contribution in [0.15, 0.2) is 0 Å². The maximum absolute atomic E-state index is 12.8. The highest BCUT2D eigenvalue weighted by atomic mass is 35.5.